The van der Waals surface area contributed by atoms with E-state index in [4.69, 9.17) is 14.6 Å². The lowest BCUT2D eigenvalue weighted by molar-refractivity contribution is -0.134. The van der Waals surface area contributed by atoms with Gasteiger partial charge in [0.25, 0.3) is 5.97 Å². The fraction of sp³-hybridized carbons (Fsp3) is 0.261. The molecule has 4 rings (SSSR count). The molecular formula is C23H24N2O3S. The van der Waals surface area contributed by atoms with Crippen molar-refractivity contribution in [2.24, 2.45) is 0 Å². The number of hydrogen-bond acceptors (Lipinski definition) is 5. The number of carbonyl (C=O) groups is 1. The molecule has 0 amide bonds. The number of nitrogens with zero attached hydrogens (tertiary/aromatic N) is 2. The first-order valence-corrected chi connectivity index (χ1v) is 10.4. The number of aliphatic carboxylic acids is 1. The number of hydrogen-bond donors (Lipinski definition) is 1. The number of pyridine rings is 2. The molecule has 0 bridgehead atoms. The van der Waals surface area contributed by atoms with Crippen molar-refractivity contribution in [3.63, 3.8) is 0 Å². The van der Waals surface area contributed by atoms with Gasteiger partial charge in [0.1, 0.15) is 6.61 Å². The summed E-state index contributed by atoms with van der Waals surface area (Å²) in [5.41, 5.74) is 7.15. The smallest absolute Gasteiger partial charge is 0.300 e. The molecule has 0 spiro atoms. The average molecular weight is 409 g/mol. The first-order valence-electron chi connectivity index (χ1n) is 9.39. The van der Waals surface area contributed by atoms with Crippen molar-refractivity contribution in [1.29, 1.82) is 0 Å². The van der Waals surface area contributed by atoms with Crippen LogP contribution < -0.4 is 4.74 Å². The van der Waals surface area contributed by atoms with Gasteiger partial charge in [0.05, 0.1) is 0 Å². The van der Waals surface area contributed by atoms with Gasteiger partial charge >= 0.3 is 0 Å². The zero-order valence-corrected chi connectivity index (χ0v) is 17.6. The van der Waals surface area contributed by atoms with Crippen LogP contribution >= 0.6 is 11.8 Å². The van der Waals surface area contributed by atoms with Crippen LogP contribution in [0.15, 0.2) is 53.7 Å². The van der Waals surface area contributed by atoms with E-state index in [1.54, 1.807) is 0 Å². The highest BCUT2D eigenvalue weighted by atomic mass is 32.2. The van der Waals surface area contributed by atoms with E-state index in [9.17, 15) is 0 Å². The van der Waals surface area contributed by atoms with Crippen LogP contribution in [0, 0.1) is 13.8 Å². The quantitative estimate of drug-likeness (QED) is 0.649. The van der Waals surface area contributed by atoms with Crippen LogP contribution in [0.5, 0.6) is 5.88 Å². The number of carboxylic acid groups (broad SMARTS) is 1. The molecule has 1 aromatic carbocycles. The largest absolute Gasteiger partial charge is 0.481 e. The molecule has 5 nitrogen and oxygen atoms in total. The Morgan fingerprint density at radius 1 is 1.21 bits per heavy atom. The number of ether oxygens (including phenoxy) is 1. The van der Waals surface area contributed by atoms with E-state index in [1.165, 1.54) is 27.1 Å². The minimum Gasteiger partial charge on any atom is -0.481 e. The maximum Gasteiger partial charge on any atom is 0.300 e. The van der Waals surface area contributed by atoms with Crippen molar-refractivity contribution in [2.45, 2.75) is 38.7 Å². The second-order valence-corrected chi connectivity index (χ2v) is 7.96. The summed E-state index contributed by atoms with van der Waals surface area (Å²) in [6.07, 6.45) is 4.92. The molecule has 0 atom stereocenters. The highest BCUT2D eigenvalue weighted by Crippen LogP contribution is 2.33. The Balaban J connectivity index is 0.000000552. The third-order valence-corrected chi connectivity index (χ3v) is 5.60. The molecule has 3 heterocycles. The minimum absolute atomic E-state index is 0.517. The third kappa shape index (κ3) is 5.57. The van der Waals surface area contributed by atoms with Gasteiger partial charge in [0.2, 0.25) is 5.88 Å². The first-order chi connectivity index (χ1) is 13.9. The van der Waals surface area contributed by atoms with Crippen LogP contribution in [-0.2, 0) is 17.8 Å². The predicted octanol–water partition coefficient (Wildman–Crippen LogP) is 5.08. The highest BCUT2D eigenvalue weighted by molar-refractivity contribution is 7.99. The number of aromatic nitrogens is 2. The van der Waals surface area contributed by atoms with Gasteiger partial charge in [-0.15, -0.1) is 11.8 Å². The molecule has 2 aromatic heterocycles. The van der Waals surface area contributed by atoms with Crippen LogP contribution in [-0.4, -0.2) is 26.8 Å². The number of benzene rings is 1. The molecule has 0 unspecified atom stereocenters. The summed E-state index contributed by atoms with van der Waals surface area (Å²) in [6.45, 7) is 5.78. The summed E-state index contributed by atoms with van der Waals surface area (Å²) in [6, 6.07) is 12.6. The van der Waals surface area contributed by atoms with E-state index in [1.807, 2.05) is 24.2 Å². The van der Waals surface area contributed by atoms with Crippen LogP contribution in [0.3, 0.4) is 0 Å². The maximum atomic E-state index is 9.00. The topological polar surface area (TPSA) is 72.3 Å². The summed E-state index contributed by atoms with van der Waals surface area (Å²) in [5, 5.41) is 7.42. The Morgan fingerprint density at radius 3 is 2.76 bits per heavy atom. The fourth-order valence-electron chi connectivity index (χ4n) is 3.22. The van der Waals surface area contributed by atoms with Crippen LogP contribution in [0.2, 0.25) is 0 Å². The lowest BCUT2D eigenvalue weighted by Gasteiger charge is -2.11. The SMILES string of the molecule is CC(=O)O.Cc1ccnc(C)c1-c1cccc(COc2cc3c(cn2)CCS3)c1. The molecule has 0 aliphatic carbocycles. The standard InChI is InChI=1S/C21H20N2OS.C2H4O2/c1-14-6-8-22-15(2)21(14)17-5-3-4-16(10-17)13-24-20-11-19-18(12-23-20)7-9-25-19;1-2(3)4/h3-6,8,10-12H,7,9,13H2,1-2H3;1H3,(H,3,4). The molecule has 0 saturated carbocycles. The molecule has 0 fully saturated rings. The van der Waals surface area contributed by atoms with Gasteiger partial charge in [-0.3, -0.25) is 9.78 Å². The summed E-state index contributed by atoms with van der Waals surface area (Å²) >= 11 is 1.88. The van der Waals surface area contributed by atoms with Crippen LogP contribution in [0.25, 0.3) is 11.1 Å². The molecular weight excluding hydrogens is 384 g/mol. The Kier molecular flexibility index (Phi) is 6.88. The molecule has 6 heteroatoms. The first kappa shape index (κ1) is 20.9. The maximum absolute atomic E-state index is 9.00. The molecule has 150 valence electrons. The lowest BCUT2D eigenvalue weighted by atomic mass is 9.98. The molecule has 1 N–H and O–H groups in total. The van der Waals surface area contributed by atoms with Gasteiger partial charge in [-0.2, -0.15) is 0 Å². The molecule has 1 aliphatic heterocycles. The zero-order chi connectivity index (χ0) is 20.8. The summed E-state index contributed by atoms with van der Waals surface area (Å²) in [5.74, 6) is 1.01. The zero-order valence-electron chi connectivity index (χ0n) is 16.8. The van der Waals surface area contributed by atoms with Gasteiger partial charge in [0.15, 0.2) is 0 Å². The average Bonchev–Trinajstić information content (AvgIpc) is 3.14. The molecule has 0 radical (unpaired) electrons. The number of carboxylic acids is 1. The molecule has 29 heavy (non-hydrogen) atoms. The summed E-state index contributed by atoms with van der Waals surface area (Å²) in [4.78, 5) is 19.2. The van der Waals surface area contributed by atoms with E-state index < -0.39 is 5.97 Å². The van der Waals surface area contributed by atoms with Crippen molar-refractivity contribution < 1.29 is 14.6 Å². The van der Waals surface area contributed by atoms with Gasteiger partial charge < -0.3 is 9.84 Å². The monoisotopic (exact) mass is 408 g/mol. The van der Waals surface area contributed by atoms with Crippen molar-refractivity contribution in [3.8, 4) is 17.0 Å². The molecule has 0 saturated heterocycles. The normalized spacial score (nSPS) is 12.0. The van der Waals surface area contributed by atoms with Gasteiger partial charge in [0, 0.05) is 47.3 Å². The van der Waals surface area contributed by atoms with E-state index in [-0.39, 0.29) is 0 Å². The van der Waals surface area contributed by atoms with E-state index >= 15 is 0 Å². The molecule has 3 aromatic rings. The van der Waals surface area contributed by atoms with Crippen LogP contribution in [0.1, 0.15) is 29.3 Å². The predicted molar refractivity (Wildman–Crippen MR) is 115 cm³/mol. The second kappa shape index (κ2) is 9.56. The van der Waals surface area contributed by atoms with Crippen LogP contribution in [0.4, 0.5) is 0 Å². The number of rotatable bonds is 4. The third-order valence-electron chi connectivity index (χ3n) is 4.50. The van der Waals surface area contributed by atoms with Crippen molar-refractivity contribution in [3.05, 3.63) is 71.2 Å². The second-order valence-electron chi connectivity index (χ2n) is 6.83. The number of thioether (sulfide) groups is 1. The Labute approximate surface area is 175 Å². The summed E-state index contributed by atoms with van der Waals surface area (Å²) < 4.78 is 5.93. The number of fused-ring (bicyclic) bond motifs is 1. The fourth-order valence-corrected chi connectivity index (χ4v) is 4.29. The number of aryl methyl sites for hydroxylation is 3. The van der Waals surface area contributed by atoms with E-state index in [0.29, 0.717) is 12.5 Å². The minimum atomic E-state index is -0.833. The van der Waals surface area contributed by atoms with Crippen molar-refractivity contribution in [2.75, 3.05) is 5.75 Å². The van der Waals surface area contributed by atoms with Crippen molar-refractivity contribution in [1.82, 2.24) is 9.97 Å². The van der Waals surface area contributed by atoms with E-state index in [2.05, 4.69) is 60.2 Å². The Bertz CT molecular complexity index is 997. The van der Waals surface area contributed by atoms with E-state index in [0.717, 1.165) is 30.4 Å². The Morgan fingerprint density at radius 2 is 2.00 bits per heavy atom. The summed E-state index contributed by atoms with van der Waals surface area (Å²) in [7, 11) is 0. The molecule has 1 aliphatic rings. The lowest BCUT2D eigenvalue weighted by Crippen LogP contribution is -1.99. The van der Waals surface area contributed by atoms with Crippen molar-refractivity contribution >= 4 is 17.7 Å². The Hall–Kier alpha value is -2.86. The van der Waals surface area contributed by atoms with Gasteiger partial charge in [-0.1, -0.05) is 18.2 Å². The highest BCUT2D eigenvalue weighted by Gasteiger charge is 2.13. The van der Waals surface area contributed by atoms with Gasteiger partial charge in [-0.25, -0.2) is 4.98 Å². The van der Waals surface area contributed by atoms with Gasteiger partial charge in [-0.05, 0) is 54.7 Å².